The van der Waals surface area contributed by atoms with Crippen LogP contribution in [0.2, 0.25) is 0 Å². The summed E-state index contributed by atoms with van der Waals surface area (Å²) in [5.74, 6) is 1.14. The minimum atomic E-state index is -0.239. The second kappa shape index (κ2) is 16.1. The minimum absolute atomic E-state index is 0.239. The lowest BCUT2D eigenvalue weighted by molar-refractivity contribution is -0.131. The first-order valence-electron chi connectivity index (χ1n) is 9.86. The topological polar surface area (TPSA) is 52.3 Å². The fourth-order valence-corrected chi connectivity index (χ4v) is 2.97. The van der Waals surface area contributed by atoms with Gasteiger partial charge in [0.05, 0.1) is 0 Å². The predicted octanol–water partition coefficient (Wildman–Crippen LogP) is 6.29. The summed E-state index contributed by atoms with van der Waals surface area (Å²) in [6.45, 7) is 13.9. The van der Waals surface area contributed by atoms with E-state index in [1.54, 1.807) is 0 Å². The van der Waals surface area contributed by atoms with E-state index in [0.29, 0.717) is 5.92 Å². The lowest BCUT2D eigenvalue weighted by Crippen LogP contribution is -2.09. The average Bonchev–Trinajstić information content (AvgIpc) is 2.62. The smallest absolute Gasteiger partial charge is 0.308 e. The van der Waals surface area contributed by atoms with Crippen LogP contribution in [0.4, 0.5) is 0 Å². The van der Waals surface area contributed by atoms with Crippen molar-refractivity contribution < 1.29 is 9.53 Å². The molecule has 1 aromatic carbocycles. The number of hydrogen-bond donors (Lipinski definition) is 1. The summed E-state index contributed by atoms with van der Waals surface area (Å²) in [7, 11) is 1.50. The van der Waals surface area contributed by atoms with Crippen molar-refractivity contribution in [3.63, 3.8) is 0 Å². The highest BCUT2D eigenvalue weighted by atomic mass is 16.5. The van der Waals surface area contributed by atoms with Crippen LogP contribution in [-0.4, -0.2) is 13.0 Å². The second-order valence-electron chi connectivity index (χ2n) is 6.11. The van der Waals surface area contributed by atoms with Gasteiger partial charge in [0, 0.05) is 6.92 Å². The lowest BCUT2D eigenvalue weighted by atomic mass is 9.82. The first-order chi connectivity index (χ1) is 12.0. The van der Waals surface area contributed by atoms with Gasteiger partial charge in [-0.15, -0.1) is 0 Å². The van der Waals surface area contributed by atoms with E-state index in [0.717, 1.165) is 11.3 Å². The van der Waals surface area contributed by atoms with E-state index in [1.807, 2.05) is 20.8 Å². The van der Waals surface area contributed by atoms with Crippen LogP contribution in [0, 0.1) is 13.8 Å². The predicted molar refractivity (Wildman–Crippen MR) is 110 cm³/mol. The molecular weight excluding hydrogens is 310 g/mol. The van der Waals surface area contributed by atoms with Crippen LogP contribution in [-0.2, 0) is 4.79 Å². The molecule has 1 fully saturated rings. The third-order valence-corrected chi connectivity index (χ3v) is 3.86. The van der Waals surface area contributed by atoms with Crippen molar-refractivity contribution in [1.82, 2.24) is 0 Å². The molecule has 3 heteroatoms. The first kappa shape index (κ1) is 25.9. The van der Waals surface area contributed by atoms with Gasteiger partial charge >= 0.3 is 5.97 Å². The maximum atomic E-state index is 11.1. The molecule has 0 amide bonds. The third-order valence-electron chi connectivity index (χ3n) is 3.86. The summed E-state index contributed by atoms with van der Waals surface area (Å²) in [6.07, 6.45) is 7.78. The van der Waals surface area contributed by atoms with E-state index in [2.05, 4.69) is 38.6 Å². The molecule has 2 N–H and O–H groups in total. The summed E-state index contributed by atoms with van der Waals surface area (Å²) in [5.41, 5.74) is 8.24. The van der Waals surface area contributed by atoms with Gasteiger partial charge in [-0.05, 0) is 62.4 Å². The molecule has 1 aliphatic carbocycles. The van der Waals surface area contributed by atoms with Crippen molar-refractivity contribution in [3.8, 4) is 5.75 Å². The van der Waals surface area contributed by atoms with Crippen molar-refractivity contribution in [2.45, 2.75) is 92.9 Å². The van der Waals surface area contributed by atoms with Crippen LogP contribution in [0.15, 0.2) is 12.1 Å². The molecule has 0 bridgehead atoms. The highest BCUT2D eigenvalue weighted by molar-refractivity contribution is 5.70. The Morgan fingerprint density at radius 3 is 1.96 bits per heavy atom. The van der Waals surface area contributed by atoms with Gasteiger partial charge in [-0.25, -0.2) is 0 Å². The van der Waals surface area contributed by atoms with E-state index in [9.17, 15) is 4.79 Å². The monoisotopic (exact) mass is 351 g/mol. The molecule has 0 saturated heterocycles. The Kier molecular flexibility index (Phi) is 16.7. The zero-order valence-electron chi connectivity index (χ0n) is 17.9. The SMILES string of the molecule is CC.CC(=O)Oc1cc(C2CCCCC2)c(C)cc1C.CCC.CN. The summed E-state index contributed by atoms with van der Waals surface area (Å²) >= 11 is 0. The molecule has 1 aliphatic rings. The van der Waals surface area contributed by atoms with Gasteiger partial charge in [0.2, 0.25) is 0 Å². The van der Waals surface area contributed by atoms with Gasteiger partial charge in [0.15, 0.2) is 0 Å². The van der Waals surface area contributed by atoms with Gasteiger partial charge in [-0.1, -0.05) is 59.4 Å². The molecule has 1 aromatic rings. The number of rotatable bonds is 2. The number of carbonyl (C=O) groups excluding carboxylic acids is 1. The third kappa shape index (κ3) is 10.3. The van der Waals surface area contributed by atoms with Crippen molar-refractivity contribution in [1.29, 1.82) is 0 Å². The van der Waals surface area contributed by atoms with Crippen LogP contribution in [0.1, 0.15) is 95.8 Å². The molecule has 0 radical (unpaired) electrons. The average molecular weight is 352 g/mol. The molecule has 0 unspecified atom stereocenters. The van der Waals surface area contributed by atoms with Crippen LogP contribution in [0.25, 0.3) is 0 Å². The maximum Gasteiger partial charge on any atom is 0.308 e. The molecule has 25 heavy (non-hydrogen) atoms. The number of benzene rings is 1. The molecule has 0 aromatic heterocycles. The molecule has 0 heterocycles. The fraction of sp³-hybridized carbons (Fsp3) is 0.682. The van der Waals surface area contributed by atoms with E-state index >= 15 is 0 Å². The lowest BCUT2D eigenvalue weighted by Gasteiger charge is -2.24. The highest BCUT2D eigenvalue weighted by Gasteiger charge is 2.19. The van der Waals surface area contributed by atoms with Crippen LogP contribution in [0.3, 0.4) is 0 Å². The van der Waals surface area contributed by atoms with Crippen LogP contribution in [0.5, 0.6) is 5.75 Å². The summed E-state index contributed by atoms with van der Waals surface area (Å²) in [5, 5.41) is 0. The van der Waals surface area contributed by atoms with Gasteiger partial charge < -0.3 is 10.5 Å². The Hall–Kier alpha value is -1.35. The number of nitrogens with two attached hydrogens (primary N) is 1. The highest BCUT2D eigenvalue weighted by Crippen LogP contribution is 2.37. The first-order valence-corrected chi connectivity index (χ1v) is 9.86. The zero-order valence-corrected chi connectivity index (χ0v) is 17.9. The van der Waals surface area contributed by atoms with Gasteiger partial charge in [0.1, 0.15) is 5.75 Å². The van der Waals surface area contributed by atoms with Crippen molar-refractivity contribution in [2.24, 2.45) is 5.73 Å². The molecule has 0 atom stereocenters. The Morgan fingerprint density at radius 2 is 1.52 bits per heavy atom. The van der Waals surface area contributed by atoms with Crippen LogP contribution < -0.4 is 10.5 Å². The Bertz CT molecular complexity index is 463. The minimum Gasteiger partial charge on any atom is -0.426 e. The second-order valence-corrected chi connectivity index (χ2v) is 6.11. The molecule has 1 saturated carbocycles. The zero-order chi connectivity index (χ0) is 19.8. The largest absolute Gasteiger partial charge is 0.426 e. The van der Waals surface area contributed by atoms with Gasteiger partial charge in [-0.3, -0.25) is 4.79 Å². The summed E-state index contributed by atoms with van der Waals surface area (Å²) in [4.78, 5) is 11.1. The summed E-state index contributed by atoms with van der Waals surface area (Å²) in [6, 6.07) is 4.23. The van der Waals surface area contributed by atoms with Crippen molar-refractivity contribution in [2.75, 3.05) is 7.05 Å². The molecule has 0 aliphatic heterocycles. The van der Waals surface area contributed by atoms with E-state index in [4.69, 9.17) is 4.74 Å². The number of esters is 1. The maximum absolute atomic E-state index is 11.1. The number of carbonyl (C=O) groups is 1. The Balaban J connectivity index is 0. The Labute approximate surface area is 156 Å². The fourth-order valence-electron chi connectivity index (χ4n) is 2.97. The van der Waals surface area contributed by atoms with Crippen LogP contribution >= 0.6 is 0 Å². The quantitative estimate of drug-likeness (QED) is 0.503. The number of ether oxygens (including phenoxy) is 1. The molecule has 2 rings (SSSR count). The van der Waals surface area contributed by atoms with Gasteiger partial charge in [0.25, 0.3) is 0 Å². The number of hydrogen-bond acceptors (Lipinski definition) is 3. The number of aryl methyl sites for hydroxylation is 2. The van der Waals surface area contributed by atoms with E-state index < -0.39 is 0 Å². The van der Waals surface area contributed by atoms with Crippen molar-refractivity contribution in [3.05, 3.63) is 28.8 Å². The van der Waals surface area contributed by atoms with Crippen molar-refractivity contribution >= 4 is 5.97 Å². The summed E-state index contributed by atoms with van der Waals surface area (Å²) < 4.78 is 5.29. The molecule has 3 nitrogen and oxygen atoms in total. The molecular formula is C22H41NO2. The molecule has 0 spiro atoms. The van der Waals surface area contributed by atoms with E-state index in [1.165, 1.54) is 63.6 Å². The Morgan fingerprint density at radius 1 is 1.04 bits per heavy atom. The van der Waals surface area contributed by atoms with E-state index in [-0.39, 0.29) is 5.97 Å². The normalized spacial score (nSPS) is 13.2. The standard InChI is InChI=1S/C16H22O2.C3H8.C2H6.CH5N/c1-11-9-12(2)16(18-13(3)17)10-15(11)14-7-5-4-6-8-14;1-3-2;2*1-2/h9-10,14H,4-8H2,1-3H3;3H2,1-2H3;1-2H3;2H2,1H3. The van der Waals surface area contributed by atoms with Gasteiger partial charge in [-0.2, -0.15) is 0 Å². The molecule has 146 valence electrons.